The van der Waals surface area contributed by atoms with Gasteiger partial charge in [-0.1, -0.05) is 5.01 Å². The fraction of sp³-hybridized carbons (Fsp3) is 0.167. The fourth-order valence-corrected chi connectivity index (χ4v) is 1.30. The summed E-state index contributed by atoms with van der Waals surface area (Å²) in [6.07, 6.45) is 1.11. The molecule has 0 aromatic carbocycles. The molecule has 0 bridgehead atoms. The normalized spacial score (nSPS) is 10.5. The van der Waals surface area contributed by atoms with Gasteiger partial charge in [-0.15, -0.1) is 0 Å². The van der Waals surface area contributed by atoms with Crippen molar-refractivity contribution in [2.45, 2.75) is 0 Å². The van der Waals surface area contributed by atoms with E-state index in [1.807, 2.05) is 0 Å². The van der Waals surface area contributed by atoms with Crippen LogP contribution in [0.1, 0.15) is 0 Å². The first-order valence-electron chi connectivity index (χ1n) is 4.42. The van der Waals surface area contributed by atoms with E-state index >= 15 is 0 Å². The third-order valence-corrected chi connectivity index (χ3v) is 2.12. The smallest absolute Gasteiger partial charge is 0.338 e. The van der Waals surface area contributed by atoms with Gasteiger partial charge >= 0.3 is 11.5 Å². The first-order chi connectivity index (χ1) is 8.43. The number of nitrogens with zero attached hydrogens (tertiary/aromatic N) is 6. The molecular weight excluding hydrogens is 250 g/mol. The molecule has 2 heterocycles. The number of nitro groups is 2. The van der Waals surface area contributed by atoms with E-state index in [9.17, 15) is 25.0 Å². The highest BCUT2D eigenvalue weighted by atomic mass is 16.7. The maximum Gasteiger partial charge on any atom is 0.343 e. The summed E-state index contributed by atoms with van der Waals surface area (Å²) in [5.41, 5.74) is -1.42. The highest BCUT2D eigenvalue weighted by Crippen LogP contribution is 2.10. The molecule has 0 unspecified atom stereocenters. The van der Waals surface area contributed by atoms with Crippen molar-refractivity contribution in [1.82, 2.24) is 19.6 Å². The first-order valence-corrected chi connectivity index (χ1v) is 4.42. The summed E-state index contributed by atoms with van der Waals surface area (Å²) in [5, 5.41) is 19.6. The van der Waals surface area contributed by atoms with Crippen LogP contribution in [-0.2, 0) is 0 Å². The predicted octanol–water partition coefficient (Wildman–Crippen LogP) is -1.21. The number of aromatic amines is 1. The molecule has 0 fully saturated rings. The zero-order chi connectivity index (χ0) is 13.4. The van der Waals surface area contributed by atoms with E-state index in [1.54, 1.807) is 0 Å². The van der Waals surface area contributed by atoms with Crippen LogP contribution in [0.4, 0.5) is 5.95 Å². The van der Waals surface area contributed by atoms with Gasteiger partial charge in [-0.2, -0.15) is 4.98 Å². The van der Waals surface area contributed by atoms with E-state index in [0.717, 1.165) is 13.4 Å². The van der Waals surface area contributed by atoms with Crippen LogP contribution in [0.2, 0.25) is 0 Å². The van der Waals surface area contributed by atoms with Gasteiger partial charge in [-0.3, -0.25) is 4.79 Å². The minimum Gasteiger partial charge on any atom is -0.338 e. The van der Waals surface area contributed by atoms with Crippen molar-refractivity contribution in [3.05, 3.63) is 36.9 Å². The van der Waals surface area contributed by atoms with Crippen LogP contribution in [0.25, 0.3) is 11.2 Å². The second-order valence-electron chi connectivity index (χ2n) is 3.13. The van der Waals surface area contributed by atoms with Crippen LogP contribution >= 0.6 is 0 Å². The van der Waals surface area contributed by atoms with E-state index in [-0.39, 0.29) is 20.8 Å². The minimum absolute atomic E-state index is 0.0245. The molecule has 0 aliphatic rings. The van der Waals surface area contributed by atoms with Crippen LogP contribution < -0.4 is 10.6 Å². The Kier molecular flexibility index (Phi) is 2.39. The number of hydrazine groups is 1. The zero-order valence-corrected chi connectivity index (χ0v) is 8.80. The Labute approximate surface area is 96.7 Å². The molecule has 2 aromatic rings. The van der Waals surface area contributed by atoms with Crippen molar-refractivity contribution in [1.29, 1.82) is 0 Å². The predicted molar refractivity (Wildman–Crippen MR) is 55.9 cm³/mol. The lowest BCUT2D eigenvalue weighted by Crippen LogP contribution is -2.37. The molecule has 0 saturated heterocycles. The lowest BCUT2D eigenvalue weighted by atomic mass is 10.5. The number of imidazole rings is 1. The summed E-state index contributed by atoms with van der Waals surface area (Å²) in [6, 6.07) is 0. The van der Waals surface area contributed by atoms with Gasteiger partial charge in [0, 0.05) is 4.68 Å². The molecular formula is C6H5N7O5. The summed E-state index contributed by atoms with van der Waals surface area (Å²) < 4.78 is -0.0245. The minimum atomic E-state index is -1.09. The topological polar surface area (TPSA) is 153 Å². The lowest BCUT2D eigenvalue weighted by Gasteiger charge is -2.07. The molecule has 2 rings (SSSR count). The van der Waals surface area contributed by atoms with Crippen molar-refractivity contribution < 1.29 is 10.1 Å². The van der Waals surface area contributed by atoms with Gasteiger partial charge in [-0.25, -0.2) is 25.2 Å². The number of fused-ring (bicyclic) bond motifs is 1. The van der Waals surface area contributed by atoms with Crippen LogP contribution in [0.3, 0.4) is 0 Å². The van der Waals surface area contributed by atoms with Gasteiger partial charge in [0.15, 0.2) is 21.2 Å². The molecule has 12 heteroatoms. The van der Waals surface area contributed by atoms with Crippen LogP contribution in [0, 0.1) is 20.2 Å². The van der Waals surface area contributed by atoms with Crippen LogP contribution in [-0.4, -0.2) is 36.7 Å². The quantitative estimate of drug-likeness (QED) is 0.529. The molecule has 94 valence electrons. The molecule has 0 spiro atoms. The fourth-order valence-electron chi connectivity index (χ4n) is 1.30. The summed E-state index contributed by atoms with van der Waals surface area (Å²) in [6.45, 7) is 0. The first kappa shape index (κ1) is 11.4. The van der Waals surface area contributed by atoms with Crippen LogP contribution in [0.15, 0.2) is 11.1 Å². The molecule has 18 heavy (non-hydrogen) atoms. The van der Waals surface area contributed by atoms with Gasteiger partial charge in [-0.05, 0) is 0 Å². The van der Waals surface area contributed by atoms with Gasteiger partial charge < -0.3 is 4.98 Å². The van der Waals surface area contributed by atoms with Gasteiger partial charge in [0.25, 0.3) is 0 Å². The lowest BCUT2D eigenvalue weighted by molar-refractivity contribution is -0.550. The van der Waals surface area contributed by atoms with E-state index in [2.05, 4.69) is 15.0 Å². The Morgan fingerprint density at radius 2 is 2.11 bits per heavy atom. The summed E-state index contributed by atoms with van der Waals surface area (Å²) >= 11 is 0. The molecule has 0 amide bonds. The van der Waals surface area contributed by atoms with Crippen LogP contribution in [0.5, 0.6) is 0 Å². The molecule has 0 aliphatic heterocycles. The highest BCUT2D eigenvalue weighted by Gasteiger charge is 2.28. The Morgan fingerprint density at radius 3 is 2.67 bits per heavy atom. The zero-order valence-electron chi connectivity index (χ0n) is 8.80. The van der Waals surface area contributed by atoms with Crippen molar-refractivity contribution >= 4 is 17.1 Å². The van der Waals surface area contributed by atoms with Crippen molar-refractivity contribution in [3.63, 3.8) is 0 Å². The number of aromatic nitrogens is 4. The number of hydrogen-bond donors (Lipinski definition) is 1. The molecule has 12 nitrogen and oxygen atoms in total. The monoisotopic (exact) mass is 255 g/mol. The van der Waals surface area contributed by atoms with E-state index in [1.165, 1.54) is 0 Å². The third kappa shape index (κ3) is 1.51. The Hall–Kier alpha value is -3.05. The second-order valence-corrected chi connectivity index (χ2v) is 3.13. The Balaban J connectivity index is 2.86. The molecule has 0 atom stereocenters. The van der Waals surface area contributed by atoms with Crippen molar-refractivity contribution in [2.24, 2.45) is 0 Å². The largest absolute Gasteiger partial charge is 0.343 e. The standard InChI is InChI=1S/C6H5N7O5/c1-10(12(15)16)6-9-4-3(7-2-8-4)5(14)11(6)13(17)18/h2H,1H3,(H,7,8). The van der Waals surface area contributed by atoms with Gasteiger partial charge in [0.2, 0.25) is 0 Å². The molecule has 2 aromatic heterocycles. The van der Waals surface area contributed by atoms with E-state index in [4.69, 9.17) is 0 Å². The number of hydrogen-bond acceptors (Lipinski definition) is 7. The van der Waals surface area contributed by atoms with Crippen molar-refractivity contribution in [3.8, 4) is 0 Å². The maximum absolute atomic E-state index is 11.7. The summed E-state index contributed by atoms with van der Waals surface area (Å²) in [5.74, 6) is -0.741. The Morgan fingerprint density at radius 1 is 1.44 bits per heavy atom. The summed E-state index contributed by atoms with van der Waals surface area (Å²) in [7, 11) is 0.931. The maximum atomic E-state index is 11.7. The van der Waals surface area contributed by atoms with Crippen molar-refractivity contribution in [2.75, 3.05) is 12.1 Å². The SMILES string of the molecule is CN(c1nc2nc[nH]c2c(=O)n1[N+](=O)[O-])[N+](=O)[O-]. The molecule has 0 saturated carbocycles. The van der Waals surface area contributed by atoms with Gasteiger partial charge in [0.05, 0.1) is 13.4 Å². The number of anilines is 1. The highest BCUT2D eigenvalue weighted by molar-refractivity contribution is 5.69. The van der Waals surface area contributed by atoms with E-state index < -0.39 is 21.6 Å². The number of H-pyrrole nitrogens is 1. The summed E-state index contributed by atoms with van der Waals surface area (Å²) in [4.78, 5) is 42.7. The second kappa shape index (κ2) is 3.76. The number of nitrogens with one attached hydrogen (secondary N) is 1. The number of rotatable bonds is 3. The molecule has 0 aliphatic carbocycles. The van der Waals surface area contributed by atoms with Gasteiger partial charge in [0.1, 0.15) is 0 Å². The molecule has 1 N–H and O–H groups in total. The Bertz CT molecular complexity index is 702. The third-order valence-electron chi connectivity index (χ3n) is 2.12. The average molecular weight is 255 g/mol. The average Bonchev–Trinajstić information content (AvgIpc) is 2.75. The van der Waals surface area contributed by atoms with E-state index in [0.29, 0.717) is 0 Å². The molecule has 0 radical (unpaired) electrons.